The van der Waals surface area contributed by atoms with E-state index in [1.54, 1.807) is 0 Å². The molecule has 0 bridgehead atoms. The van der Waals surface area contributed by atoms with Gasteiger partial charge in [-0.1, -0.05) is 95.6 Å². The second kappa shape index (κ2) is 16.4. The van der Waals surface area contributed by atoms with E-state index in [9.17, 15) is 0 Å². The van der Waals surface area contributed by atoms with Gasteiger partial charge in [0.1, 0.15) is 0 Å². The second-order valence-electron chi connectivity index (χ2n) is 11.6. The number of rotatable bonds is 13. The molecular weight excluding hydrogens is 516 g/mol. The van der Waals surface area contributed by atoms with Crippen LogP contribution >= 0.6 is 11.8 Å². The third-order valence-electron chi connectivity index (χ3n) is 7.85. The molecule has 0 amide bonds. The fraction of sp³-hybridized carbons (Fsp3) is 0.368. The SMILES string of the molecule is CC(C)=CCC/C(C)=C/CC/C(C)=C/CSc1ccccc1-c1ccc(CN2CCN(c3ccccc3)CC2)cc1. The summed E-state index contributed by atoms with van der Waals surface area (Å²) >= 11 is 1.94. The van der Waals surface area contributed by atoms with Crippen molar-refractivity contribution in [1.29, 1.82) is 0 Å². The summed E-state index contributed by atoms with van der Waals surface area (Å²) in [6.45, 7) is 14.3. The van der Waals surface area contributed by atoms with Gasteiger partial charge in [-0.2, -0.15) is 0 Å². The molecule has 0 unspecified atom stereocenters. The fourth-order valence-corrected chi connectivity index (χ4v) is 6.36. The molecule has 3 heteroatoms. The van der Waals surface area contributed by atoms with E-state index in [0.717, 1.165) is 57.7 Å². The van der Waals surface area contributed by atoms with Gasteiger partial charge in [0, 0.05) is 49.1 Å². The lowest BCUT2D eigenvalue weighted by atomic mass is 10.0. The highest BCUT2D eigenvalue weighted by Gasteiger charge is 2.17. The van der Waals surface area contributed by atoms with Crippen LogP contribution < -0.4 is 4.90 Å². The van der Waals surface area contributed by atoms with Crippen LogP contribution in [-0.4, -0.2) is 36.8 Å². The van der Waals surface area contributed by atoms with Crippen molar-refractivity contribution in [3.63, 3.8) is 0 Å². The summed E-state index contributed by atoms with van der Waals surface area (Å²) in [7, 11) is 0. The summed E-state index contributed by atoms with van der Waals surface area (Å²) in [5, 5.41) is 0. The second-order valence-corrected chi connectivity index (χ2v) is 12.6. The molecule has 1 aliphatic heterocycles. The van der Waals surface area contributed by atoms with Gasteiger partial charge in [-0.25, -0.2) is 0 Å². The molecule has 41 heavy (non-hydrogen) atoms. The first-order chi connectivity index (χ1) is 20.0. The number of piperazine rings is 1. The van der Waals surface area contributed by atoms with Crippen LogP contribution in [0.15, 0.2) is 119 Å². The molecule has 0 aliphatic carbocycles. The van der Waals surface area contributed by atoms with Gasteiger partial charge in [0.2, 0.25) is 0 Å². The van der Waals surface area contributed by atoms with Crippen molar-refractivity contribution in [1.82, 2.24) is 4.90 Å². The predicted octanol–water partition coefficient (Wildman–Crippen LogP) is 10.2. The first-order valence-electron chi connectivity index (χ1n) is 15.3. The zero-order chi connectivity index (χ0) is 28.9. The van der Waals surface area contributed by atoms with Gasteiger partial charge in [0.25, 0.3) is 0 Å². The van der Waals surface area contributed by atoms with Gasteiger partial charge in [-0.05, 0) is 88.3 Å². The topological polar surface area (TPSA) is 6.48 Å². The zero-order valence-corrected chi connectivity index (χ0v) is 26.4. The van der Waals surface area contributed by atoms with Crippen molar-refractivity contribution in [3.05, 3.63) is 119 Å². The lowest BCUT2D eigenvalue weighted by molar-refractivity contribution is 0.250. The molecule has 2 nitrogen and oxygen atoms in total. The Morgan fingerprint density at radius 3 is 2.02 bits per heavy atom. The highest BCUT2D eigenvalue weighted by Crippen LogP contribution is 2.32. The van der Waals surface area contributed by atoms with Crippen molar-refractivity contribution in [3.8, 4) is 11.1 Å². The molecule has 0 N–H and O–H groups in total. The van der Waals surface area contributed by atoms with E-state index in [1.807, 2.05) is 11.8 Å². The quantitative estimate of drug-likeness (QED) is 0.151. The molecule has 1 fully saturated rings. The molecule has 3 aromatic carbocycles. The maximum Gasteiger partial charge on any atom is 0.0367 e. The van der Waals surface area contributed by atoms with E-state index in [1.165, 1.54) is 50.4 Å². The van der Waals surface area contributed by atoms with Gasteiger partial charge in [-0.15, -0.1) is 11.8 Å². The molecule has 0 atom stereocenters. The monoisotopic (exact) mass is 564 g/mol. The molecule has 0 radical (unpaired) electrons. The molecule has 1 heterocycles. The summed E-state index contributed by atoms with van der Waals surface area (Å²) < 4.78 is 0. The molecule has 3 aromatic rings. The third-order valence-corrected chi connectivity index (χ3v) is 8.85. The van der Waals surface area contributed by atoms with Crippen molar-refractivity contribution in [2.24, 2.45) is 0 Å². The average molecular weight is 565 g/mol. The molecule has 1 aliphatic rings. The number of allylic oxidation sites excluding steroid dienone is 5. The standard InChI is InChI=1S/C38H48N2S/c1-31(2)12-10-13-32(3)14-11-15-33(4)24-29-41-38-19-9-8-18-37(38)35-22-20-34(21-23-35)30-39-25-27-40(28-26-39)36-16-6-5-7-17-36/h5-9,12,14,16-24H,10-11,13,15,25-30H2,1-4H3/b32-14+,33-24+. The summed E-state index contributed by atoms with van der Waals surface area (Å²) in [6, 6.07) is 28.9. The van der Waals surface area contributed by atoms with Crippen molar-refractivity contribution in [2.45, 2.75) is 64.8 Å². The molecule has 216 valence electrons. The van der Waals surface area contributed by atoms with Crippen molar-refractivity contribution in [2.75, 3.05) is 36.8 Å². The minimum atomic E-state index is 1.01. The maximum absolute atomic E-state index is 2.58. The molecule has 1 saturated heterocycles. The van der Waals surface area contributed by atoms with Crippen LogP contribution in [0.5, 0.6) is 0 Å². The Bertz CT molecular complexity index is 1290. The van der Waals surface area contributed by atoms with Crippen LogP contribution in [0.2, 0.25) is 0 Å². The lowest BCUT2D eigenvalue weighted by Gasteiger charge is -2.36. The van der Waals surface area contributed by atoms with Crippen molar-refractivity contribution < 1.29 is 0 Å². The Hall–Kier alpha value is -3.01. The van der Waals surface area contributed by atoms with Gasteiger partial charge in [-0.3, -0.25) is 4.90 Å². The largest absolute Gasteiger partial charge is 0.369 e. The van der Waals surface area contributed by atoms with Gasteiger partial charge in [0.15, 0.2) is 0 Å². The zero-order valence-electron chi connectivity index (χ0n) is 25.6. The minimum Gasteiger partial charge on any atom is -0.369 e. The first kappa shape index (κ1) is 30.9. The fourth-order valence-electron chi connectivity index (χ4n) is 5.29. The van der Waals surface area contributed by atoms with Gasteiger partial charge >= 0.3 is 0 Å². The number of para-hydroxylation sites is 1. The number of nitrogens with zero attached hydrogens (tertiary/aromatic N) is 2. The predicted molar refractivity (Wildman–Crippen MR) is 182 cm³/mol. The smallest absolute Gasteiger partial charge is 0.0367 e. The van der Waals surface area contributed by atoms with Gasteiger partial charge in [0.05, 0.1) is 0 Å². The van der Waals surface area contributed by atoms with E-state index >= 15 is 0 Å². The maximum atomic E-state index is 2.58. The molecule has 0 saturated carbocycles. The Morgan fingerprint density at radius 1 is 0.683 bits per heavy atom. The van der Waals surface area contributed by atoms with Crippen molar-refractivity contribution >= 4 is 17.4 Å². The highest BCUT2D eigenvalue weighted by atomic mass is 32.2. The molecule has 0 aromatic heterocycles. The third kappa shape index (κ3) is 10.4. The van der Waals surface area contributed by atoms with Gasteiger partial charge < -0.3 is 4.90 Å². The molecule has 0 spiro atoms. The number of benzene rings is 3. The normalized spacial score (nSPS) is 14.8. The van der Waals surface area contributed by atoms with E-state index in [0.29, 0.717) is 0 Å². The summed E-state index contributed by atoms with van der Waals surface area (Å²) in [5.74, 6) is 1.01. The van der Waals surface area contributed by atoms with E-state index in [-0.39, 0.29) is 0 Å². The number of anilines is 1. The Labute approximate surface area is 253 Å². The number of hydrogen-bond acceptors (Lipinski definition) is 3. The first-order valence-corrected chi connectivity index (χ1v) is 16.2. The van der Waals surface area contributed by atoms with Crippen LogP contribution in [-0.2, 0) is 6.54 Å². The minimum absolute atomic E-state index is 1.01. The molecular formula is C38H48N2S. The Kier molecular flexibility index (Phi) is 12.4. The summed E-state index contributed by atoms with van der Waals surface area (Å²) in [5.41, 5.74) is 9.78. The number of hydrogen-bond donors (Lipinski definition) is 0. The highest BCUT2D eigenvalue weighted by molar-refractivity contribution is 7.99. The Morgan fingerprint density at radius 2 is 1.32 bits per heavy atom. The number of thioether (sulfide) groups is 1. The lowest BCUT2D eigenvalue weighted by Crippen LogP contribution is -2.45. The molecule has 4 rings (SSSR count). The van der Waals surface area contributed by atoms with E-state index in [4.69, 9.17) is 0 Å². The summed E-state index contributed by atoms with van der Waals surface area (Å²) in [6.07, 6.45) is 11.8. The summed E-state index contributed by atoms with van der Waals surface area (Å²) in [4.78, 5) is 6.43. The van der Waals surface area contributed by atoms with E-state index in [2.05, 4.69) is 135 Å². The van der Waals surface area contributed by atoms with Crippen LogP contribution in [0.4, 0.5) is 5.69 Å². The van der Waals surface area contributed by atoms with Crippen LogP contribution in [0.1, 0.15) is 58.9 Å². The van der Waals surface area contributed by atoms with E-state index < -0.39 is 0 Å². The van der Waals surface area contributed by atoms with Crippen LogP contribution in [0, 0.1) is 0 Å². The Balaban J connectivity index is 1.25. The van der Waals surface area contributed by atoms with Crippen LogP contribution in [0.25, 0.3) is 11.1 Å². The average Bonchev–Trinajstić information content (AvgIpc) is 2.98. The van der Waals surface area contributed by atoms with Crippen LogP contribution in [0.3, 0.4) is 0 Å².